The number of hydrogen-bond acceptors (Lipinski definition) is 6. The van der Waals surface area contributed by atoms with E-state index in [4.69, 9.17) is 9.47 Å². The van der Waals surface area contributed by atoms with E-state index in [-0.39, 0.29) is 18.3 Å². The first-order valence-electron chi connectivity index (χ1n) is 8.34. The second-order valence-electron chi connectivity index (χ2n) is 6.24. The van der Waals surface area contributed by atoms with E-state index >= 15 is 0 Å². The molecular weight excluding hydrogens is 368 g/mol. The largest absolute Gasteiger partial charge is 0.478 e. The first-order valence-corrected chi connectivity index (χ1v) is 8.78. The number of allylic oxidation sites excluding steroid dienone is 1. The molecule has 1 aromatic rings. The van der Waals surface area contributed by atoms with Gasteiger partial charge in [-0.1, -0.05) is 37.1 Å². The van der Waals surface area contributed by atoms with Crippen LogP contribution in [0.2, 0.25) is 0 Å². The highest BCUT2D eigenvalue weighted by Gasteiger charge is 2.27. The lowest BCUT2D eigenvalue weighted by Gasteiger charge is -2.22. The zero-order valence-corrected chi connectivity index (χ0v) is 15.6. The van der Waals surface area contributed by atoms with Gasteiger partial charge in [-0.3, -0.25) is 4.79 Å². The first-order chi connectivity index (χ1) is 13.0. The summed E-state index contributed by atoms with van der Waals surface area (Å²) in [6, 6.07) is 5.38. The fourth-order valence-corrected chi connectivity index (χ4v) is 3.19. The van der Waals surface area contributed by atoms with Crippen LogP contribution in [-0.2, 0) is 9.59 Å². The van der Waals surface area contributed by atoms with E-state index in [1.54, 1.807) is 30.4 Å². The molecule has 0 saturated carbocycles. The van der Waals surface area contributed by atoms with Crippen molar-refractivity contribution < 1.29 is 24.2 Å². The molecular formula is C19H20N2O5S. The first kappa shape index (κ1) is 18.9. The summed E-state index contributed by atoms with van der Waals surface area (Å²) in [5.74, 6) is -0.638. The zero-order chi connectivity index (χ0) is 19.4. The summed E-state index contributed by atoms with van der Waals surface area (Å²) in [5.41, 5.74) is 1.76. The SMILES string of the molecule is CN1/C=C(/C(C(=O)NS)c2ccc3c(c2)OCO3)C/C=C\C(C(=O)O)=C/C1. The topological polar surface area (TPSA) is 88.1 Å². The molecule has 1 unspecified atom stereocenters. The van der Waals surface area contributed by atoms with Crippen molar-refractivity contribution >= 4 is 24.7 Å². The molecule has 0 aromatic heterocycles. The molecule has 2 N–H and O–H groups in total. The lowest BCUT2D eigenvalue weighted by molar-refractivity contribution is -0.132. The van der Waals surface area contributed by atoms with Crippen LogP contribution in [0.25, 0.3) is 0 Å². The van der Waals surface area contributed by atoms with Crippen LogP contribution in [0.1, 0.15) is 17.9 Å². The number of benzene rings is 1. The van der Waals surface area contributed by atoms with Gasteiger partial charge in [0.05, 0.1) is 11.5 Å². The highest BCUT2D eigenvalue weighted by molar-refractivity contribution is 7.78. The molecule has 0 radical (unpaired) electrons. The minimum Gasteiger partial charge on any atom is -0.478 e. The molecule has 0 saturated heterocycles. The number of fused-ring (bicyclic) bond motifs is 1. The Bertz CT molecular complexity index is 847. The normalized spacial score (nSPS) is 22.2. The number of amides is 1. The molecule has 0 spiro atoms. The van der Waals surface area contributed by atoms with Crippen molar-refractivity contribution in [3.05, 3.63) is 59.3 Å². The molecule has 2 aliphatic heterocycles. The summed E-state index contributed by atoms with van der Waals surface area (Å²) in [5, 5.41) is 9.25. The maximum Gasteiger partial charge on any atom is 0.335 e. The van der Waals surface area contributed by atoms with Crippen molar-refractivity contribution in [2.75, 3.05) is 20.4 Å². The number of carboxylic acids is 1. The van der Waals surface area contributed by atoms with Gasteiger partial charge in [0.15, 0.2) is 11.5 Å². The number of aliphatic carboxylic acids is 1. The van der Waals surface area contributed by atoms with Gasteiger partial charge in [0, 0.05) is 13.6 Å². The van der Waals surface area contributed by atoms with E-state index in [0.717, 1.165) is 11.1 Å². The summed E-state index contributed by atoms with van der Waals surface area (Å²) in [7, 11) is 1.83. The number of ether oxygens (including phenoxy) is 2. The molecule has 1 amide bonds. The van der Waals surface area contributed by atoms with Gasteiger partial charge in [0.1, 0.15) is 0 Å². The molecule has 2 heterocycles. The number of carbonyl (C=O) groups excluding carboxylic acids is 1. The van der Waals surface area contributed by atoms with E-state index in [2.05, 4.69) is 17.5 Å². The Labute approximate surface area is 162 Å². The van der Waals surface area contributed by atoms with Gasteiger partial charge in [-0.2, -0.15) is 0 Å². The number of carboxylic acid groups (broad SMARTS) is 1. The summed E-state index contributed by atoms with van der Waals surface area (Å²) < 4.78 is 13.2. The third-order valence-corrected chi connectivity index (χ3v) is 4.58. The Hall–Kier alpha value is -2.87. The van der Waals surface area contributed by atoms with E-state index < -0.39 is 11.9 Å². The van der Waals surface area contributed by atoms with Crippen molar-refractivity contribution in [1.29, 1.82) is 0 Å². The summed E-state index contributed by atoms with van der Waals surface area (Å²) in [4.78, 5) is 25.8. The molecule has 142 valence electrons. The van der Waals surface area contributed by atoms with Gasteiger partial charge in [-0.25, -0.2) is 4.79 Å². The quantitative estimate of drug-likeness (QED) is 0.686. The summed E-state index contributed by atoms with van der Waals surface area (Å²) in [6.07, 6.45) is 7.22. The summed E-state index contributed by atoms with van der Waals surface area (Å²) >= 11 is 3.94. The summed E-state index contributed by atoms with van der Waals surface area (Å²) in [6.45, 7) is 0.561. The lowest BCUT2D eigenvalue weighted by Crippen LogP contribution is -2.25. The molecule has 8 heteroatoms. The zero-order valence-electron chi connectivity index (χ0n) is 14.7. The Morgan fingerprint density at radius 3 is 2.81 bits per heavy atom. The maximum atomic E-state index is 12.6. The van der Waals surface area contributed by atoms with Crippen LogP contribution in [0.4, 0.5) is 0 Å². The number of nitrogens with zero attached hydrogens (tertiary/aromatic N) is 1. The van der Waals surface area contributed by atoms with Crippen molar-refractivity contribution in [1.82, 2.24) is 9.62 Å². The molecule has 0 aliphatic carbocycles. The number of likely N-dealkylation sites (N-methyl/N-ethyl adjacent to an activating group) is 1. The molecule has 7 nitrogen and oxygen atoms in total. The monoisotopic (exact) mass is 388 g/mol. The van der Waals surface area contributed by atoms with Crippen molar-refractivity contribution in [2.24, 2.45) is 0 Å². The standard InChI is InChI=1S/C19H20N2O5S/c1-21-8-7-12(19(23)24)3-2-4-14(10-21)17(18(22)20-27)13-5-6-15-16(9-13)26-11-25-15/h2-3,5-7,9-10,17,27H,4,8,11H2,1H3,(H,20,22)(H,23,24)/b3-2-,12-7+,14-10+. The predicted octanol–water partition coefficient (Wildman–Crippen LogP) is 2.25. The van der Waals surface area contributed by atoms with E-state index in [1.807, 2.05) is 24.2 Å². The Morgan fingerprint density at radius 2 is 2.07 bits per heavy atom. The Morgan fingerprint density at radius 1 is 1.30 bits per heavy atom. The van der Waals surface area contributed by atoms with Gasteiger partial charge in [0.2, 0.25) is 12.7 Å². The highest BCUT2D eigenvalue weighted by Crippen LogP contribution is 2.37. The fourth-order valence-electron chi connectivity index (χ4n) is 3.06. The lowest BCUT2D eigenvalue weighted by atomic mass is 9.88. The van der Waals surface area contributed by atoms with Crippen LogP contribution in [0.5, 0.6) is 11.5 Å². The van der Waals surface area contributed by atoms with Crippen molar-refractivity contribution in [2.45, 2.75) is 12.3 Å². The average molecular weight is 388 g/mol. The second kappa shape index (κ2) is 8.22. The Balaban J connectivity index is 1.97. The van der Waals surface area contributed by atoms with Gasteiger partial charge in [0.25, 0.3) is 0 Å². The molecule has 2 aliphatic rings. The van der Waals surface area contributed by atoms with Crippen LogP contribution >= 0.6 is 12.8 Å². The average Bonchev–Trinajstić information content (AvgIpc) is 3.13. The number of thiol groups is 1. The third kappa shape index (κ3) is 4.28. The minimum atomic E-state index is -0.983. The minimum absolute atomic E-state index is 0.153. The van der Waals surface area contributed by atoms with Crippen molar-refractivity contribution in [3.8, 4) is 11.5 Å². The van der Waals surface area contributed by atoms with Gasteiger partial charge in [-0.15, -0.1) is 0 Å². The number of nitrogens with one attached hydrogen (secondary N) is 1. The molecule has 3 rings (SSSR count). The molecule has 27 heavy (non-hydrogen) atoms. The highest BCUT2D eigenvalue weighted by atomic mass is 32.1. The second-order valence-corrected chi connectivity index (χ2v) is 6.46. The van der Waals surface area contributed by atoms with E-state index in [1.165, 1.54) is 0 Å². The van der Waals surface area contributed by atoms with Crippen LogP contribution in [-0.4, -0.2) is 42.3 Å². The van der Waals surface area contributed by atoms with Gasteiger partial charge < -0.3 is 24.2 Å². The molecule has 0 fully saturated rings. The molecule has 1 aromatic carbocycles. The third-order valence-electron chi connectivity index (χ3n) is 4.36. The van der Waals surface area contributed by atoms with E-state index in [0.29, 0.717) is 24.5 Å². The number of carbonyl (C=O) groups is 2. The smallest absolute Gasteiger partial charge is 0.335 e. The number of hydrogen-bond donors (Lipinski definition) is 3. The predicted molar refractivity (Wildman–Crippen MR) is 103 cm³/mol. The number of rotatable bonds is 4. The Kier molecular flexibility index (Phi) is 5.75. The van der Waals surface area contributed by atoms with Crippen LogP contribution in [0, 0.1) is 0 Å². The van der Waals surface area contributed by atoms with Gasteiger partial charge in [-0.05, 0) is 35.9 Å². The fraction of sp³-hybridized carbons (Fsp3) is 0.263. The molecule has 1 atom stereocenters. The van der Waals surface area contributed by atoms with Crippen LogP contribution in [0.3, 0.4) is 0 Å². The van der Waals surface area contributed by atoms with Crippen molar-refractivity contribution in [3.63, 3.8) is 0 Å². The van der Waals surface area contributed by atoms with E-state index in [9.17, 15) is 14.7 Å². The van der Waals surface area contributed by atoms with Crippen LogP contribution in [0.15, 0.2) is 53.8 Å². The maximum absolute atomic E-state index is 12.6. The van der Waals surface area contributed by atoms with Gasteiger partial charge >= 0.3 is 5.97 Å². The molecule has 0 bridgehead atoms. The van der Waals surface area contributed by atoms with Crippen LogP contribution < -0.4 is 14.2 Å².